The van der Waals surface area contributed by atoms with Crippen molar-refractivity contribution in [1.29, 1.82) is 0 Å². The monoisotopic (exact) mass is 421 g/mol. The maximum absolute atomic E-state index is 12.3. The van der Waals surface area contributed by atoms with Crippen molar-refractivity contribution in [3.05, 3.63) is 94.5 Å². The van der Waals surface area contributed by atoms with Gasteiger partial charge in [-0.05, 0) is 73.2 Å². The Morgan fingerprint density at radius 1 is 0.967 bits per heavy atom. The summed E-state index contributed by atoms with van der Waals surface area (Å²) in [5.41, 5.74) is 4.65. The van der Waals surface area contributed by atoms with Crippen molar-refractivity contribution in [2.75, 3.05) is 11.9 Å². The number of nitrogens with one attached hydrogen (secondary N) is 2. The summed E-state index contributed by atoms with van der Waals surface area (Å²) in [5.74, 6) is 0.0966. The fourth-order valence-electron chi connectivity index (χ4n) is 2.60. The van der Waals surface area contributed by atoms with Crippen LogP contribution in [0.25, 0.3) is 0 Å². The molecule has 0 bridgehead atoms. The molecule has 6 nitrogen and oxygen atoms in total. The zero-order valence-corrected chi connectivity index (χ0v) is 17.0. The van der Waals surface area contributed by atoms with Crippen molar-refractivity contribution in [1.82, 2.24) is 5.43 Å². The summed E-state index contributed by atoms with van der Waals surface area (Å²) in [5, 5.41) is 7.08. The summed E-state index contributed by atoms with van der Waals surface area (Å²) in [7, 11) is 0. The summed E-state index contributed by atoms with van der Waals surface area (Å²) in [6.07, 6.45) is 1.55. The molecular formula is C23H20ClN3O3. The van der Waals surface area contributed by atoms with Crippen molar-refractivity contribution in [2.45, 2.75) is 6.92 Å². The smallest absolute Gasteiger partial charge is 0.271 e. The number of hydrazone groups is 1. The van der Waals surface area contributed by atoms with Gasteiger partial charge in [-0.15, -0.1) is 0 Å². The van der Waals surface area contributed by atoms with Gasteiger partial charge in [0.1, 0.15) is 5.75 Å². The standard InChI is InChI=1S/C23H20ClN3O3/c1-2-30-19-13-7-16(8-14-19)15-25-27-22(28)17-9-11-18(12-10-17)26-23(29)20-5-3-4-6-21(20)24/h3-15H,2H2,1H3,(H,26,29)(H,27,28). The molecule has 3 rings (SSSR count). The molecule has 0 fully saturated rings. The third-order valence-electron chi connectivity index (χ3n) is 4.09. The van der Waals surface area contributed by atoms with Gasteiger partial charge in [0, 0.05) is 11.3 Å². The number of carbonyl (C=O) groups excluding carboxylic acids is 2. The summed E-state index contributed by atoms with van der Waals surface area (Å²) < 4.78 is 5.38. The molecule has 0 heterocycles. The number of hydrogen-bond acceptors (Lipinski definition) is 4. The number of rotatable bonds is 7. The van der Waals surface area contributed by atoms with Crippen LogP contribution in [0.1, 0.15) is 33.2 Å². The largest absolute Gasteiger partial charge is 0.494 e. The molecule has 30 heavy (non-hydrogen) atoms. The number of ether oxygens (including phenoxy) is 1. The van der Waals surface area contributed by atoms with E-state index in [4.69, 9.17) is 16.3 Å². The molecule has 0 aliphatic carbocycles. The lowest BCUT2D eigenvalue weighted by molar-refractivity contribution is 0.0954. The van der Waals surface area contributed by atoms with Crippen LogP contribution in [-0.2, 0) is 0 Å². The van der Waals surface area contributed by atoms with Gasteiger partial charge in [-0.2, -0.15) is 5.10 Å². The van der Waals surface area contributed by atoms with E-state index < -0.39 is 0 Å². The Labute approximate surface area is 179 Å². The zero-order chi connectivity index (χ0) is 21.3. The number of benzene rings is 3. The van der Waals surface area contributed by atoms with Crippen molar-refractivity contribution in [3.8, 4) is 5.75 Å². The maximum Gasteiger partial charge on any atom is 0.271 e. The number of anilines is 1. The van der Waals surface area contributed by atoms with Gasteiger partial charge in [0.2, 0.25) is 0 Å². The lowest BCUT2D eigenvalue weighted by atomic mass is 10.1. The van der Waals surface area contributed by atoms with E-state index in [0.29, 0.717) is 28.4 Å². The van der Waals surface area contributed by atoms with Crippen molar-refractivity contribution in [3.63, 3.8) is 0 Å². The second kappa shape index (κ2) is 10.2. The molecular weight excluding hydrogens is 402 g/mol. The number of carbonyl (C=O) groups is 2. The first kappa shape index (κ1) is 21.1. The van der Waals surface area contributed by atoms with Crippen LogP contribution in [0.4, 0.5) is 5.69 Å². The van der Waals surface area contributed by atoms with E-state index in [1.54, 1.807) is 54.7 Å². The number of amides is 2. The van der Waals surface area contributed by atoms with E-state index in [-0.39, 0.29) is 11.8 Å². The number of nitrogens with zero attached hydrogens (tertiary/aromatic N) is 1. The van der Waals surface area contributed by atoms with E-state index in [1.165, 1.54) is 0 Å². The molecule has 0 aliphatic rings. The number of halogens is 1. The minimum absolute atomic E-state index is 0.322. The Morgan fingerprint density at radius 3 is 2.33 bits per heavy atom. The van der Waals surface area contributed by atoms with Crippen LogP contribution < -0.4 is 15.5 Å². The first-order valence-electron chi connectivity index (χ1n) is 9.29. The van der Waals surface area contributed by atoms with Gasteiger partial charge in [0.05, 0.1) is 23.4 Å². The van der Waals surface area contributed by atoms with Gasteiger partial charge >= 0.3 is 0 Å². The lowest BCUT2D eigenvalue weighted by Crippen LogP contribution is -2.18. The molecule has 7 heteroatoms. The predicted octanol–water partition coefficient (Wildman–Crippen LogP) is 4.75. The van der Waals surface area contributed by atoms with Gasteiger partial charge in [-0.1, -0.05) is 23.7 Å². The van der Waals surface area contributed by atoms with Crippen LogP contribution in [0.5, 0.6) is 5.75 Å². The quantitative estimate of drug-likeness (QED) is 0.426. The third-order valence-corrected chi connectivity index (χ3v) is 4.42. The Hall–Kier alpha value is -3.64. The van der Waals surface area contributed by atoms with Crippen LogP contribution in [0.3, 0.4) is 0 Å². The van der Waals surface area contributed by atoms with Crippen LogP contribution in [0.15, 0.2) is 77.9 Å². The predicted molar refractivity (Wildman–Crippen MR) is 119 cm³/mol. The minimum atomic E-state index is -0.360. The van der Waals surface area contributed by atoms with Crippen LogP contribution in [0, 0.1) is 0 Å². The van der Waals surface area contributed by atoms with Gasteiger partial charge in [0.15, 0.2) is 0 Å². The third kappa shape index (κ3) is 5.68. The second-order valence-corrected chi connectivity index (χ2v) is 6.62. The first-order chi connectivity index (χ1) is 14.6. The Bertz CT molecular complexity index is 1050. The van der Waals surface area contributed by atoms with Gasteiger partial charge in [0.25, 0.3) is 11.8 Å². The van der Waals surface area contributed by atoms with E-state index in [1.807, 2.05) is 31.2 Å². The number of hydrogen-bond donors (Lipinski definition) is 2. The normalized spacial score (nSPS) is 10.6. The highest BCUT2D eigenvalue weighted by atomic mass is 35.5. The van der Waals surface area contributed by atoms with Crippen molar-refractivity contribution >= 4 is 35.3 Å². The summed E-state index contributed by atoms with van der Waals surface area (Å²) in [4.78, 5) is 24.5. The molecule has 2 N–H and O–H groups in total. The zero-order valence-electron chi connectivity index (χ0n) is 16.3. The summed E-state index contributed by atoms with van der Waals surface area (Å²) >= 11 is 6.03. The average molecular weight is 422 g/mol. The Balaban J connectivity index is 1.55. The fourth-order valence-corrected chi connectivity index (χ4v) is 2.82. The summed E-state index contributed by atoms with van der Waals surface area (Å²) in [6, 6.07) is 20.6. The first-order valence-corrected chi connectivity index (χ1v) is 9.67. The fraction of sp³-hybridized carbons (Fsp3) is 0.0870. The van der Waals surface area contributed by atoms with Gasteiger partial charge < -0.3 is 10.1 Å². The van der Waals surface area contributed by atoms with Gasteiger partial charge in [-0.3, -0.25) is 9.59 Å². The molecule has 0 unspecified atom stereocenters. The molecule has 0 atom stereocenters. The minimum Gasteiger partial charge on any atom is -0.494 e. The van der Waals surface area contributed by atoms with Crippen LogP contribution in [-0.4, -0.2) is 24.6 Å². The van der Waals surface area contributed by atoms with E-state index in [9.17, 15) is 9.59 Å². The van der Waals surface area contributed by atoms with E-state index in [0.717, 1.165) is 11.3 Å². The maximum atomic E-state index is 12.3. The second-order valence-electron chi connectivity index (χ2n) is 6.21. The molecule has 152 valence electrons. The van der Waals surface area contributed by atoms with Crippen molar-refractivity contribution < 1.29 is 14.3 Å². The molecule has 0 saturated heterocycles. The topological polar surface area (TPSA) is 79.8 Å². The molecule has 0 aromatic heterocycles. The molecule has 3 aromatic rings. The summed E-state index contributed by atoms with van der Waals surface area (Å²) in [6.45, 7) is 2.52. The average Bonchev–Trinajstić information content (AvgIpc) is 2.76. The highest BCUT2D eigenvalue weighted by Crippen LogP contribution is 2.17. The van der Waals surface area contributed by atoms with E-state index in [2.05, 4.69) is 15.8 Å². The Morgan fingerprint density at radius 2 is 1.67 bits per heavy atom. The lowest BCUT2D eigenvalue weighted by Gasteiger charge is -2.07. The Kier molecular flexibility index (Phi) is 7.19. The molecule has 0 aliphatic heterocycles. The molecule has 0 saturated carbocycles. The molecule has 3 aromatic carbocycles. The molecule has 2 amide bonds. The van der Waals surface area contributed by atoms with E-state index >= 15 is 0 Å². The SMILES string of the molecule is CCOc1ccc(C=NNC(=O)c2ccc(NC(=O)c3ccccc3Cl)cc2)cc1. The van der Waals surface area contributed by atoms with Crippen molar-refractivity contribution in [2.24, 2.45) is 5.10 Å². The highest BCUT2D eigenvalue weighted by molar-refractivity contribution is 6.34. The van der Waals surface area contributed by atoms with Gasteiger partial charge in [-0.25, -0.2) is 5.43 Å². The molecule has 0 radical (unpaired) electrons. The van der Waals surface area contributed by atoms with Crippen LogP contribution in [0.2, 0.25) is 5.02 Å². The van der Waals surface area contributed by atoms with Crippen LogP contribution >= 0.6 is 11.6 Å². The highest BCUT2D eigenvalue weighted by Gasteiger charge is 2.10. The molecule has 0 spiro atoms.